The molecule has 29 heavy (non-hydrogen) atoms. The van der Waals surface area contributed by atoms with Crippen molar-refractivity contribution in [2.24, 2.45) is 11.7 Å². The van der Waals surface area contributed by atoms with Crippen molar-refractivity contribution in [3.8, 4) is 11.3 Å². The predicted molar refractivity (Wildman–Crippen MR) is 118 cm³/mol. The molecule has 1 aromatic heterocycles. The number of carbonyl (C=O) groups is 1. The van der Waals surface area contributed by atoms with Crippen molar-refractivity contribution in [3.05, 3.63) is 78.0 Å². The average Bonchev–Trinajstić information content (AvgIpc) is 3.32. The number of nitrogens with zero attached hydrogens (tertiary/aromatic N) is 3. The molecule has 1 fully saturated rings. The van der Waals surface area contributed by atoms with Crippen molar-refractivity contribution in [1.82, 2.24) is 14.7 Å². The Balaban J connectivity index is 0.00000240. The zero-order chi connectivity index (χ0) is 19.5. The number of rotatable bonds is 5. The molecule has 2 heterocycles. The smallest absolute Gasteiger partial charge is 0.257 e. The van der Waals surface area contributed by atoms with Crippen LogP contribution in [-0.2, 0) is 6.54 Å². The lowest BCUT2D eigenvalue weighted by atomic mass is 10.1. The van der Waals surface area contributed by atoms with Gasteiger partial charge in [0.05, 0.1) is 12.1 Å². The van der Waals surface area contributed by atoms with E-state index in [-0.39, 0.29) is 24.4 Å². The number of aromatic nitrogens is 2. The first-order valence-electron chi connectivity index (χ1n) is 9.83. The summed E-state index contributed by atoms with van der Waals surface area (Å²) >= 11 is 0. The van der Waals surface area contributed by atoms with Gasteiger partial charge in [0.25, 0.3) is 5.91 Å². The second-order valence-electron chi connectivity index (χ2n) is 7.58. The van der Waals surface area contributed by atoms with Crippen LogP contribution in [-0.4, -0.2) is 39.7 Å². The predicted octanol–water partition coefficient (Wildman–Crippen LogP) is 3.83. The monoisotopic (exact) mass is 410 g/mol. The molecule has 0 saturated carbocycles. The van der Waals surface area contributed by atoms with Gasteiger partial charge in [-0.15, -0.1) is 12.4 Å². The van der Waals surface area contributed by atoms with Gasteiger partial charge in [0.2, 0.25) is 0 Å². The van der Waals surface area contributed by atoms with Gasteiger partial charge in [-0.25, -0.2) is 0 Å². The van der Waals surface area contributed by atoms with Crippen molar-refractivity contribution in [2.45, 2.75) is 25.9 Å². The summed E-state index contributed by atoms with van der Waals surface area (Å²) in [4.78, 5) is 15.4. The Labute approximate surface area is 177 Å². The zero-order valence-corrected chi connectivity index (χ0v) is 17.4. The molecule has 1 aliphatic heterocycles. The van der Waals surface area contributed by atoms with Crippen LogP contribution in [0.2, 0.25) is 0 Å². The van der Waals surface area contributed by atoms with Gasteiger partial charge in [-0.2, -0.15) is 5.10 Å². The minimum absolute atomic E-state index is 0. The molecule has 3 aromatic rings. The molecule has 1 saturated heterocycles. The van der Waals surface area contributed by atoms with Crippen molar-refractivity contribution in [1.29, 1.82) is 0 Å². The fourth-order valence-electron chi connectivity index (χ4n) is 3.99. The van der Waals surface area contributed by atoms with Gasteiger partial charge >= 0.3 is 0 Å². The number of hydrogen-bond donors (Lipinski definition) is 1. The van der Waals surface area contributed by atoms with Crippen LogP contribution in [0.5, 0.6) is 0 Å². The number of nitrogens with two attached hydrogens (primary N) is 1. The van der Waals surface area contributed by atoms with E-state index in [1.165, 1.54) is 0 Å². The van der Waals surface area contributed by atoms with E-state index in [0.29, 0.717) is 31.1 Å². The lowest BCUT2D eigenvalue weighted by Crippen LogP contribution is -2.34. The second kappa shape index (κ2) is 9.25. The number of halogens is 1. The molecule has 1 aliphatic rings. The van der Waals surface area contributed by atoms with Crippen LogP contribution in [0.25, 0.3) is 11.3 Å². The maximum absolute atomic E-state index is 13.4. The van der Waals surface area contributed by atoms with Crippen LogP contribution in [0, 0.1) is 5.92 Å². The number of carbonyl (C=O) groups excluding carboxylic acids is 1. The van der Waals surface area contributed by atoms with E-state index in [9.17, 15) is 4.79 Å². The molecule has 2 aromatic carbocycles. The Hall–Kier alpha value is -2.63. The maximum Gasteiger partial charge on any atom is 0.257 e. The molecule has 0 bridgehead atoms. The summed E-state index contributed by atoms with van der Waals surface area (Å²) in [5.41, 5.74) is 9.37. The first-order chi connectivity index (χ1) is 13.7. The summed E-state index contributed by atoms with van der Waals surface area (Å²) in [6.45, 7) is 4.07. The van der Waals surface area contributed by atoms with Crippen LogP contribution in [0.1, 0.15) is 29.3 Å². The average molecular weight is 411 g/mol. The highest BCUT2D eigenvalue weighted by molar-refractivity contribution is 6.00. The molecule has 1 amide bonds. The number of benzene rings is 2. The minimum Gasteiger partial charge on any atom is -0.335 e. The Morgan fingerprint density at radius 1 is 1.10 bits per heavy atom. The highest BCUT2D eigenvalue weighted by Crippen LogP contribution is 2.28. The fourth-order valence-corrected chi connectivity index (χ4v) is 3.99. The van der Waals surface area contributed by atoms with Crippen molar-refractivity contribution in [3.63, 3.8) is 0 Å². The first-order valence-corrected chi connectivity index (χ1v) is 9.83. The van der Waals surface area contributed by atoms with Crippen molar-refractivity contribution >= 4 is 18.3 Å². The quantitative estimate of drug-likeness (QED) is 0.695. The molecule has 152 valence electrons. The Bertz CT molecular complexity index is 942. The third-order valence-corrected chi connectivity index (χ3v) is 5.48. The van der Waals surface area contributed by atoms with E-state index in [2.05, 4.69) is 19.1 Å². The molecule has 2 atom stereocenters. The maximum atomic E-state index is 13.4. The van der Waals surface area contributed by atoms with Gasteiger partial charge < -0.3 is 10.6 Å². The van der Waals surface area contributed by atoms with E-state index in [1.54, 1.807) is 0 Å². The normalized spacial score (nSPS) is 18.5. The van der Waals surface area contributed by atoms with E-state index in [4.69, 9.17) is 10.8 Å². The largest absolute Gasteiger partial charge is 0.335 e. The van der Waals surface area contributed by atoms with Crippen LogP contribution < -0.4 is 5.73 Å². The standard InChI is InChI=1S/C23H26N4O.ClH/c1-17-12-19(13-24)15-27(17)23(28)21-16-26(14-18-8-4-2-5-9-18)25-22(21)20-10-6-3-7-11-20;/h2-11,16-17,19H,12-15,24H2,1H3;1H. The second-order valence-corrected chi connectivity index (χ2v) is 7.58. The van der Waals surface area contributed by atoms with E-state index in [0.717, 1.165) is 23.2 Å². The van der Waals surface area contributed by atoms with Gasteiger partial charge in [0.15, 0.2) is 0 Å². The van der Waals surface area contributed by atoms with E-state index < -0.39 is 0 Å². The molecule has 0 aliphatic carbocycles. The molecule has 0 radical (unpaired) electrons. The number of likely N-dealkylation sites (tertiary alicyclic amines) is 1. The summed E-state index contributed by atoms with van der Waals surface area (Å²) in [7, 11) is 0. The SMILES string of the molecule is CC1CC(CN)CN1C(=O)c1cn(Cc2ccccc2)nc1-c1ccccc1.Cl. The number of hydrogen-bond acceptors (Lipinski definition) is 3. The summed E-state index contributed by atoms with van der Waals surface area (Å²) in [5, 5.41) is 4.78. The van der Waals surface area contributed by atoms with Crippen LogP contribution in [0.4, 0.5) is 0 Å². The van der Waals surface area contributed by atoms with Crippen LogP contribution in [0.3, 0.4) is 0 Å². The summed E-state index contributed by atoms with van der Waals surface area (Å²) in [5.74, 6) is 0.417. The highest BCUT2D eigenvalue weighted by Gasteiger charge is 2.34. The molecule has 2 unspecified atom stereocenters. The van der Waals surface area contributed by atoms with Gasteiger partial charge in [-0.3, -0.25) is 9.48 Å². The zero-order valence-electron chi connectivity index (χ0n) is 16.6. The summed E-state index contributed by atoms with van der Waals surface area (Å²) in [6, 6.07) is 20.3. The van der Waals surface area contributed by atoms with Gasteiger partial charge in [0, 0.05) is 24.3 Å². The highest BCUT2D eigenvalue weighted by atomic mass is 35.5. The topological polar surface area (TPSA) is 64.2 Å². The van der Waals surface area contributed by atoms with Crippen molar-refractivity contribution < 1.29 is 4.79 Å². The Morgan fingerprint density at radius 3 is 2.38 bits per heavy atom. The molecular formula is C23H27ClN4O. The molecule has 4 rings (SSSR count). The number of amides is 1. The third kappa shape index (κ3) is 4.52. The molecular weight excluding hydrogens is 384 g/mol. The summed E-state index contributed by atoms with van der Waals surface area (Å²) in [6.07, 6.45) is 2.85. The molecule has 0 spiro atoms. The van der Waals surface area contributed by atoms with Gasteiger partial charge in [-0.1, -0.05) is 60.7 Å². The third-order valence-electron chi connectivity index (χ3n) is 5.48. The Kier molecular flexibility index (Phi) is 6.72. The minimum atomic E-state index is 0. The van der Waals surface area contributed by atoms with Gasteiger partial charge in [0.1, 0.15) is 5.69 Å². The van der Waals surface area contributed by atoms with E-state index in [1.807, 2.05) is 64.3 Å². The van der Waals surface area contributed by atoms with Crippen molar-refractivity contribution in [2.75, 3.05) is 13.1 Å². The lowest BCUT2D eigenvalue weighted by Gasteiger charge is -2.21. The van der Waals surface area contributed by atoms with E-state index >= 15 is 0 Å². The first kappa shape index (κ1) is 21.1. The Morgan fingerprint density at radius 2 is 1.76 bits per heavy atom. The van der Waals surface area contributed by atoms with Gasteiger partial charge in [-0.05, 0) is 31.4 Å². The fraction of sp³-hybridized carbons (Fsp3) is 0.304. The lowest BCUT2D eigenvalue weighted by molar-refractivity contribution is 0.0744. The molecule has 2 N–H and O–H groups in total. The van der Waals surface area contributed by atoms with Crippen LogP contribution in [0.15, 0.2) is 66.9 Å². The molecule has 5 nitrogen and oxygen atoms in total. The summed E-state index contributed by atoms with van der Waals surface area (Å²) < 4.78 is 1.87. The van der Waals surface area contributed by atoms with Crippen LogP contribution >= 0.6 is 12.4 Å². The molecule has 6 heteroatoms.